The SMILES string of the molecule is Cc1ccccc1N(CCC(=O)O)C(=O)NC(C)(C)C. The smallest absolute Gasteiger partial charge is 0.322 e. The molecule has 0 unspecified atom stereocenters. The molecule has 5 nitrogen and oxygen atoms in total. The van der Waals surface area contributed by atoms with Crippen LogP contribution in [0.2, 0.25) is 0 Å². The summed E-state index contributed by atoms with van der Waals surface area (Å²) in [6, 6.07) is 7.15. The molecule has 2 amide bonds. The van der Waals surface area contributed by atoms with Gasteiger partial charge in [0.15, 0.2) is 0 Å². The highest BCUT2D eigenvalue weighted by Gasteiger charge is 2.22. The van der Waals surface area contributed by atoms with Crippen LogP contribution in [0.4, 0.5) is 10.5 Å². The average molecular weight is 278 g/mol. The number of aryl methyl sites for hydroxylation is 1. The molecule has 0 heterocycles. The van der Waals surface area contributed by atoms with Crippen LogP contribution in [0.3, 0.4) is 0 Å². The number of rotatable bonds is 4. The van der Waals surface area contributed by atoms with Crippen molar-refractivity contribution in [3.05, 3.63) is 29.8 Å². The zero-order valence-electron chi connectivity index (χ0n) is 12.4. The number of para-hydroxylation sites is 1. The minimum atomic E-state index is -0.924. The van der Waals surface area contributed by atoms with Gasteiger partial charge in [-0.1, -0.05) is 18.2 Å². The molecule has 0 aliphatic rings. The van der Waals surface area contributed by atoms with Crippen molar-refractivity contribution in [3.8, 4) is 0 Å². The Balaban J connectivity index is 2.99. The number of anilines is 1. The van der Waals surface area contributed by atoms with Crippen molar-refractivity contribution < 1.29 is 14.7 Å². The Morgan fingerprint density at radius 2 is 1.85 bits per heavy atom. The summed E-state index contributed by atoms with van der Waals surface area (Å²) in [4.78, 5) is 24.6. The van der Waals surface area contributed by atoms with Crippen LogP contribution >= 0.6 is 0 Å². The molecule has 5 heteroatoms. The van der Waals surface area contributed by atoms with Gasteiger partial charge in [0.05, 0.1) is 6.42 Å². The Kier molecular flexibility index (Phi) is 5.13. The quantitative estimate of drug-likeness (QED) is 0.889. The molecule has 110 valence electrons. The first-order valence-corrected chi connectivity index (χ1v) is 6.58. The number of aliphatic carboxylic acids is 1. The van der Waals surface area contributed by atoms with Crippen LogP contribution in [0.5, 0.6) is 0 Å². The van der Waals surface area contributed by atoms with E-state index in [0.29, 0.717) is 0 Å². The predicted octanol–water partition coefficient (Wildman–Crippen LogP) is 2.78. The molecule has 0 fully saturated rings. The van der Waals surface area contributed by atoms with Crippen LogP contribution in [0, 0.1) is 6.92 Å². The van der Waals surface area contributed by atoms with Crippen molar-refractivity contribution in [2.45, 2.75) is 39.7 Å². The molecular weight excluding hydrogens is 256 g/mol. The fourth-order valence-electron chi connectivity index (χ4n) is 1.79. The number of nitrogens with one attached hydrogen (secondary N) is 1. The zero-order chi connectivity index (χ0) is 15.3. The van der Waals surface area contributed by atoms with Crippen LogP contribution in [-0.4, -0.2) is 29.2 Å². The molecule has 20 heavy (non-hydrogen) atoms. The topological polar surface area (TPSA) is 69.6 Å². The Morgan fingerprint density at radius 3 is 2.35 bits per heavy atom. The molecule has 0 saturated carbocycles. The van der Waals surface area contributed by atoms with Gasteiger partial charge < -0.3 is 10.4 Å². The van der Waals surface area contributed by atoms with E-state index in [1.165, 1.54) is 4.90 Å². The van der Waals surface area contributed by atoms with E-state index in [1.807, 2.05) is 52.0 Å². The summed E-state index contributed by atoms with van der Waals surface area (Å²) in [7, 11) is 0. The average Bonchev–Trinajstić information content (AvgIpc) is 2.28. The minimum absolute atomic E-state index is 0.0914. The highest BCUT2D eigenvalue weighted by atomic mass is 16.4. The molecule has 0 bridgehead atoms. The molecule has 0 radical (unpaired) electrons. The number of carboxylic acid groups (broad SMARTS) is 1. The third-order valence-electron chi connectivity index (χ3n) is 2.68. The Hall–Kier alpha value is -2.04. The van der Waals surface area contributed by atoms with Crippen LogP contribution in [0.25, 0.3) is 0 Å². The number of carboxylic acids is 1. The summed E-state index contributed by atoms with van der Waals surface area (Å²) in [5, 5.41) is 11.7. The molecular formula is C15H22N2O3. The van der Waals surface area contributed by atoms with Crippen molar-refractivity contribution in [1.29, 1.82) is 0 Å². The van der Waals surface area contributed by atoms with Crippen molar-refractivity contribution in [3.63, 3.8) is 0 Å². The number of amides is 2. The lowest BCUT2D eigenvalue weighted by Crippen LogP contribution is -2.49. The van der Waals surface area contributed by atoms with E-state index < -0.39 is 5.97 Å². The van der Waals surface area contributed by atoms with Crippen molar-refractivity contribution in [2.75, 3.05) is 11.4 Å². The third kappa shape index (κ3) is 4.91. The second-order valence-electron chi connectivity index (χ2n) is 5.76. The molecule has 0 spiro atoms. The van der Waals surface area contributed by atoms with Crippen molar-refractivity contribution in [1.82, 2.24) is 5.32 Å². The predicted molar refractivity (Wildman–Crippen MR) is 79.1 cm³/mol. The molecule has 0 aromatic heterocycles. The van der Waals surface area contributed by atoms with Gasteiger partial charge in [-0.3, -0.25) is 9.69 Å². The molecule has 0 aliphatic heterocycles. The van der Waals surface area contributed by atoms with Crippen LogP contribution < -0.4 is 10.2 Å². The number of hydrogen-bond acceptors (Lipinski definition) is 2. The zero-order valence-corrected chi connectivity index (χ0v) is 12.4. The number of nitrogens with zero attached hydrogens (tertiary/aromatic N) is 1. The maximum atomic E-state index is 12.3. The van der Waals surface area contributed by atoms with Gasteiger partial charge in [-0.2, -0.15) is 0 Å². The molecule has 0 atom stereocenters. The van der Waals surface area contributed by atoms with Gasteiger partial charge in [-0.15, -0.1) is 0 Å². The summed E-state index contributed by atoms with van der Waals surface area (Å²) in [6.45, 7) is 7.70. The second kappa shape index (κ2) is 6.41. The van der Waals surface area contributed by atoms with Crippen molar-refractivity contribution >= 4 is 17.7 Å². The van der Waals surface area contributed by atoms with E-state index in [2.05, 4.69) is 5.32 Å². The Bertz CT molecular complexity index is 492. The number of benzene rings is 1. The standard InChI is InChI=1S/C15H22N2O3/c1-11-7-5-6-8-12(11)17(10-9-13(18)19)14(20)16-15(2,3)4/h5-8H,9-10H2,1-4H3,(H,16,20)(H,18,19). The van der Waals surface area contributed by atoms with Crippen LogP contribution in [0.1, 0.15) is 32.8 Å². The summed E-state index contributed by atoms with van der Waals surface area (Å²) in [5.74, 6) is -0.924. The lowest BCUT2D eigenvalue weighted by atomic mass is 10.1. The summed E-state index contributed by atoms with van der Waals surface area (Å²) < 4.78 is 0. The first-order chi connectivity index (χ1) is 9.20. The third-order valence-corrected chi connectivity index (χ3v) is 2.68. The second-order valence-corrected chi connectivity index (χ2v) is 5.76. The molecule has 0 saturated heterocycles. The highest BCUT2D eigenvalue weighted by molar-refractivity contribution is 5.93. The van der Waals surface area contributed by atoms with Gasteiger partial charge in [-0.25, -0.2) is 4.79 Å². The number of carbonyl (C=O) groups excluding carboxylic acids is 1. The fourth-order valence-corrected chi connectivity index (χ4v) is 1.79. The number of urea groups is 1. The monoisotopic (exact) mass is 278 g/mol. The van der Waals surface area contributed by atoms with Gasteiger partial charge >= 0.3 is 12.0 Å². The lowest BCUT2D eigenvalue weighted by molar-refractivity contribution is -0.136. The van der Waals surface area contributed by atoms with Gasteiger partial charge in [0.1, 0.15) is 0 Å². The first-order valence-electron chi connectivity index (χ1n) is 6.58. The Morgan fingerprint density at radius 1 is 1.25 bits per heavy atom. The number of carbonyl (C=O) groups is 2. The Labute approximate surface area is 119 Å². The van der Waals surface area contributed by atoms with Gasteiger partial charge in [0.2, 0.25) is 0 Å². The molecule has 2 N–H and O–H groups in total. The van der Waals surface area contributed by atoms with Crippen LogP contribution in [-0.2, 0) is 4.79 Å². The maximum Gasteiger partial charge on any atom is 0.322 e. The van der Waals surface area contributed by atoms with E-state index in [0.717, 1.165) is 11.3 Å². The van der Waals surface area contributed by atoms with E-state index in [9.17, 15) is 9.59 Å². The fraction of sp³-hybridized carbons (Fsp3) is 0.467. The largest absolute Gasteiger partial charge is 0.481 e. The summed E-state index contributed by atoms with van der Waals surface area (Å²) in [6.07, 6.45) is -0.0914. The van der Waals surface area contributed by atoms with Gasteiger partial charge in [-0.05, 0) is 39.3 Å². The normalized spacial score (nSPS) is 11.0. The molecule has 0 aliphatic carbocycles. The minimum Gasteiger partial charge on any atom is -0.481 e. The molecule has 1 aromatic carbocycles. The van der Waals surface area contributed by atoms with Crippen LogP contribution in [0.15, 0.2) is 24.3 Å². The van der Waals surface area contributed by atoms with E-state index in [1.54, 1.807) is 0 Å². The molecule has 1 rings (SSSR count). The number of hydrogen-bond donors (Lipinski definition) is 2. The van der Waals surface area contributed by atoms with Gasteiger partial charge in [0.25, 0.3) is 0 Å². The van der Waals surface area contributed by atoms with Crippen molar-refractivity contribution in [2.24, 2.45) is 0 Å². The summed E-state index contributed by atoms with van der Waals surface area (Å²) in [5.41, 5.74) is 1.29. The lowest BCUT2D eigenvalue weighted by Gasteiger charge is -2.29. The summed E-state index contributed by atoms with van der Waals surface area (Å²) >= 11 is 0. The van der Waals surface area contributed by atoms with Gasteiger partial charge in [0, 0.05) is 17.8 Å². The molecule has 1 aromatic rings. The van der Waals surface area contributed by atoms with E-state index in [-0.39, 0.29) is 24.5 Å². The first kappa shape index (κ1) is 16.0. The van der Waals surface area contributed by atoms with E-state index in [4.69, 9.17) is 5.11 Å². The highest BCUT2D eigenvalue weighted by Crippen LogP contribution is 2.20. The van der Waals surface area contributed by atoms with E-state index >= 15 is 0 Å². The maximum absolute atomic E-state index is 12.3.